The van der Waals surface area contributed by atoms with Gasteiger partial charge in [-0.25, -0.2) is 4.79 Å². The molecule has 0 saturated carbocycles. The molecule has 0 aliphatic heterocycles. The molecule has 0 amide bonds. The summed E-state index contributed by atoms with van der Waals surface area (Å²) in [5, 5.41) is 0. The molecule has 0 bridgehead atoms. The largest absolute Gasteiger partial charge is 0.454 e. The molecule has 1 aromatic carbocycles. The van der Waals surface area contributed by atoms with Crippen LogP contribution in [-0.2, 0) is 9.53 Å². The molecule has 3 nitrogen and oxygen atoms in total. The molecule has 74 valence electrons. The van der Waals surface area contributed by atoms with Crippen LogP contribution in [-0.4, -0.2) is 18.9 Å². The normalized spacial score (nSPS) is 9.57. The van der Waals surface area contributed by atoms with Gasteiger partial charge in [0.2, 0.25) is 0 Å². The number of hydrogen-bond donors (Lipinski definition) is 0. The van der Waals surface area contributed by atoms with E-state index in [2.05, 4.69) is 0 Å². The molecule has 1 rings (SSSR count). The van der Waals surface area contributed by atoms with Crippen LogP contribution in [0.2, 0.25) is 0 Å². The molecule has 0 heterocycles. The molecule has 0 radical (unpaired) electrons. The zero-order chi connectivity index (χ0) is 10.6. The zero-order valence-corrected chi connectivity index (χ0v) is 8.24. The molecule has 0 aliphatic carbocycles. The van der Waals surface area contributed by atoms with Gasteiger partial charge >= 0.3 is 5.97 Å². The van der Waals surface area contributed by atoms with E-state index in [-0.39, 0.29) is 6.61 Å². The smallest absolute Gasteiger partial charge is 0.338 e. The van der Waals surface area contributed by atoms with Crippen molar-refractivity contribution in [3.05, 3.63) is 34.9 Å². The molecule has 14 heavy (non-hydrogen) atoms. The molecular weight excluding hydrogens is 180 g/mol. The standard InChI is InChI=1S/C11H12O3/c1-8-4-3-5-10(9(8)2)11(13)14-7-6-12/h3-6H,7H2,1-2H3. The summed E-state index contributed by atoms with van der Waals surface area (Å²) in [5.74, 6) is -0.446. The molecule has 0 aromatic heterocycles. The van der Waals surface area contributed by atoms with E-state index >= 15 is 0 Å². The molecule has 1 aromatic rings. The first kappa shape index (κ1) is 10.4. The van der Waals surface area contributed by atoms with Gasteiger partial charge in [-0.05, 0) is 31.0 Å². The lowest BCUT2D eigenvalue weighted by Crippen LogP contribution is -2.09. The average molecular weight is 192 g/mol. The molecular formula is C11H12O3. The van der Waals surface area contributed by atoms with E-state index < -0.39 is 5.97 Å². The van der Waals surface area contributed by atoms with Crippen molar-refractivity contribution < 1.29 is 14.3 Å². The fourth-order valence-corrected chi connectivity index (χ4v) is 1.16. The number of carbonyl (C=O) groups excluding carboxylic acids is 2. The van der Waals surface area contributed by atoms with Crippen LogP contribution < -0.4 is 0 Å². The second-order valence-corrected chi connectivity index (χ2v) is 3.01. The molecule has 0 spiro atoms. The zero-order valence-electron chi connectivity index (χ0n) is 8.24. The Kier molecular flexibility index (Phi) is 3.40. The van der Waals surface area contributed by atoms with Crippen LogP contribution in [0.4, 0.5) is 0 Å². The van der Waals surface area contributed by atoms with Gasteiger partial charge in [0.25, 0.3) is 0 Å². The minimum atomic E-state index is -0.446. The van der Waals surface area contributed by atoms with Gasteiger partial charge in [-0.2, -0.15) is 0 Å². The number of aryl methyl sites for hydroxylation is 1. The first-order valence-corrected chi connectivity index (χ1v) is 4.33. The van der Waals surface area contributed by atoms with Gasteiger partial charge in [0, 0.05) is 0 Å². The third kappa shape index (κ3) is 2.19. The summed E-state index contributed by atoms with van der Waals surface area (Å²) in [4.78, 5) is 21.4. The van der Waals surface area contributed by atoms with E-state index in [4.69, 9.17) is 4.74 Å². The topological polar surface area (TPSA) is 43.4 Å². The summed E-state index contributed by atoms with van der Waals surface area (Å²) in [5.41, 5.74) is 2.45. The second kappa shape index (κ2) is 4.56. The number of benzene rings is 1. The Morgan fingerprint density at radius 3 is 2.79 bits per heavy atom. The van der Waals surface area contributed by atoms with E-state index in [9.17, 15) is 9.59 Å². The van der Waals surface area contributed by atoms with Gasteiger partial charge < -0.3 is 4.74 Å². The Morgan fingerprint density at radius 2 is 2.14 bits per heavy atom. The van der Waals surface area contributed by atoms with Crippen molar-refractivity contribution in [1.82, 2.24) is 0 Å². The van der Waals surface area contributed by atoms with E-state index in [1.165, 1.54) is 0 Å². The molecule has 0 saturated heterocycles. The number of hydrogen-bond acceptors (Lipinski definition) is 3. The maximum absolute atomic E-state index is 11.4. The summed E-state index contributed by atoms with van der Waals surface area (Å²) in [6.45, 7) is 3.59. The van der Waals surface area contributed by atoms with Gasteiger partial charge in [-0.3, -0.25) is 4.79 Å². The Balaban J connectivity index is 2.89. The monoisotopic (exact) mass is 192 g/mol. The first-order chi connectivity index (χ1) is 6.66. The summed E-state index contributed by atoms with van der Waals surface area (Å²) in [7, 11) is 0. The van der Waals surface area contributed by atoms with Crippen LogP contribution >= 0.6 is 0 Å². The van der Waals surface area contributed by atoms with Crippen molar-refractivity contribution >= 4 is 12.3 Å². The van der Waals surface area contributed by atoms with Crippen molar-refractivity contribution in [2.24, 2.45) is 0 Å². The van der Waals surface area contributed by atoms with Crippen LogP contribution in [0, 0.1) is 13.8 Å². The highest BCUT2D eigenvalue weighted by atomic mass is 16.5. The number of ether oxygens (including phenoxy) is 1. The highest BCUT2D eigenvalue weighted by Crippen LogP contribution is 2.13. The highest BCUT2D eigenvalue weighted by Gasteiger charge is 2.10. The quantitative estimate of drug-likeness (QED) is 0.540. The predicted octanol–water partition coefficient (Wildman–Crippen LogP) is 1.66. The lowest BCUT2D eigenvalue weighted by Gasteiger charge is -2.06. The Morgan fingerprint density at radius 1 is 1.43 bits per heavy atom. The maximum Gasteiger partial charge on any atom is 0.338 e. The molecule has 0 aliphatic rings. The van der Waals surface area contributed by atoms with Crippen LogP contribution in [0.3, 0.4) is 0 Å². The van der Waals surface area contributed by atoms with Crippen LogP contribution in [0.25, 0.3) is 0 Å². The van der Waals surface area contributed by atoms with Crippen molar-refractivity contribution in [1.29, 1.82) is 0 Å². The minimum absolute atomic E-state index is 0.188. The number of esters is 1. The fraction of sp³-hybridized carbons (Fsp3) is 0.273. The number of rotatable bonds is 3. The number of carbonyl (C=O) groups is 2. The van der Waals surface area contributed by atoms with Gasteiger partial charge in [0.15, 0.2) is 6.29 Å². The van der Waals surface area contributed by atoms with E-state index in [0.717, 1.165) is 11.1 Å². The van der Waals surface area contributed by atoms with Gasteiger partial charge in [-0.1, -0.05) is 12.1 Å². The van der Waals surface area contributed by atoms with Crippen LogP contribution in [0.5, 0.6) is 0 Å². The summed E-state index contributed by atoms with van der Waals surface area (Å²) in [6, 6.07) is 5.40. The van der Waals surface area contributed by atoms with Crippen LogP contribution in [0.15, 0.2) is 18.2 Å². The van der Waals surface area contributed by atoms with E-state index in [1.54, 1.807) is 12.1 Å². The van der Waals surface area contributed by atoms with E-state index in [1.807, 2.05) is 19.9 Å². The Bertz CT molecular complexity index is 356. The third-order valence-electron chi connectivity index (χ3n) is 2.11. The average Bonchev–Trinajstić information content (AvgIpc) is 2.18. The summed E-state index contributed by atoms with van der Waals surface area (Å²) >= 11 is 0. The van der Waals surface area contributed by atoms with Crippen molar-refractivity contribution in [2.75, 3.05) is 6.61 Å². The SMILES string of the molecule is Cc1cccc(C(=O)OCC=O)c1C. The lowest BCUT2D eigenvalue weighted by molar-refractivity contribution is -0.110. The second-order valence-electron chi connectivity index (χ2n) is 3.01. The van der Waals surface area contributed by atoms with Crippen molar-refractivity contribution in [3.8, 4) is 0 Å². The Labute approximate surface area is 82.7 Å². The molecule has 0 unspecified atom stereocenters. The molecule has 0 fully saturated rings. The minimum Gasteiger partial charge on any atom is -0.454 e. The van der Waals surface area contributed by atoms with Gasteiger partial charge in [-0.15, -0.1) is 0 Å². The first-order valence-electron chi connectivity index (χ1n) is 4.33. The Hall–Kier alpha value is -1.64. The molecule has 0 atom stereocenters. The molecule has 0 N–H and O–H groups in total. The summed E-state index contributed by atoms with van der Waals surface area (Å²) in [6.07, 6.45) is 0.559. The van der Waals surface area contributed by atoms with E-state index in [0.29, 0.717) is 11.8 Å². The fourth-order valence-electron chi connectivity index (χ4n) is 1.16. The predicted molar refractivity (Wildman–Crippen MR) is 52.3 cm³/mol. The highest BCUT2D eigenvalue weighted by molar-refractivity contribution is 5.91. The molecule has 3 heteroatoms. The third-order valence-corrected chi connectivity index (χ3v) is 2.11. The van der Waals surface area contributed by atoms with Gasteiger partial charge in [0.1, 0.15) is 6.61 Å². The van der Waals surface area contributed by atoms with Crippen LogP contribution in [0.1, 0.15) is 21.5 Å². The maximum atomic E-state index is 11.4. The van der Waals surface area contributed by atoms with Gasteiger partial charge in [0.05, 0.1) is 5.56 Å². The van der Waals surface area contributed by atoms with Crippen molar-refractivity contribution in [3.63, 3.8) is 0 Å². The number of aldehydes is 1. The van der Waals surface area contributed by atoms with Crippen molar-refractivity contribution in [2.45, 2.75) is 13.8 Å². The summed E-state index contributed by atoms with van der Waals surface area (Å²) < 4.78 is 4.71. The lowest BCUT2D eigenvalue weighted by atomic mass is 10.0.